The number of carbonyl (C=O) groups excluding carboxylic acids is 1. The predicted octanol–water partition coefficient (Wildman–Crippen LogP) is 3.62. The molecule has 1 aromatic rings. The van der Waals surface area contributed by atoms with Crippen molar-refractivity contribution >= 4 is 5.91 Å². The Morgan fingerprint density at radius 1 is 1.16 bits per heavy atom. The van der Waals surface area contributed by atoms with Gasteiger partial charge in [0.15, 0.2) is 0 Å². The lowest BCUT2D eigenvalue weighted by atomic mass is 10.1. The molecule has 0 unspecified atom stereocenters. The summed E-state index contributed by atoms with van der Waals surface area (Å²) in [4.78, 5) is 12.2. The Labute approximate surface area is 117 Å². The van der Waals surface area contributed by atoms with Gasteiger partial charge in [-0.15, -0.1) is 0 Å². The molecular formula is C16H26N2O. The second kappa shape index (κ2) is 7.29. The third-order valence-electron chi connectivity index (χ3n) is 3.07. The molecule has 0 saturated heterocycles. The van der Waals surface area contributed by atoms with E-state index >= 15 is 0 Å². The number of amides is 1. The number of unbranched alkanes of at least 4 members (excludes halogenated alkanes) is 2. The van der Waals surface area contributed by atoms with Crippen molar-refractivity contribution in [3.05, 3.63) is 35.9 Å². The third kappa shape index (κ3) is 5.43. The van der Waals surface area contributed by atoms with Gasteiger partial charge in [0, 0.05) is 17.6 Å². The van der Waals surface area contributed by atoms with Crippen LogP contribution in [0.15, 0.2) is 30.3 Å². The first-order chi connectivity index (χ1) is 8.95. The number of benzene rings is 1. The number of hydrazine groups is 1. The highest BCUT2D eigenvalue weighted by Gasteiger charge is 2.22. The van der Waals surface area contributed by atoms with E-state index < -0.39 is 0 Å². The lowest BCUT2D eigenvalue weighted by Gasteiger charge is -2.35. The maximum atomic E-state index is 12.2. The van der Waals surface area contributed by atoms with Gasteiger partial charge in [0.25, 0.3) is 5.91 Å². The minimum absolute atomic E-state index is 0.0352. The number of nitrogens with one attached hydrogen (secondary N) is 1. The van der Waals surface area contributed by atoms with Crippen LogP contribution < -0.4 is 5.43 Å². The Hall–Kier alpha value is -1.35. The van der Waals surface area contributed by atoms with Crippen LogP contribution in [-0.4, -0.2) is 23.0 Å². The Balaban J connectivity index is 2.64. The molecule has 0 heterocycles. The molecule has 0 spiro atoms. The standard InChI is InChI=1S/C16H26N2O/c1-5-6-10-13-18(16(2,3)4)17-15(19)14-11-8-7-9-12-14/h7-9,11-12H,5-6,10,13H2,1-4H3,(H,17,19). The molecule has 0 aromatic heterocycles. The predicted molar refractivity (Wildman–Crippen MR) is 79.9 cm³/mol. The summed E-state index contributed by atoms with van der Waals surface area (Å²) >= 11 is 0. The van der Waals surface area contributed by atoms with Crippen LogP contribution in [0, 0.1) is 0 Å². The molecule has 3 heteroatoms. The van der Waals surface area contributed by atoms with Gasteiger partial charge in [-0.05, 0) is 39.3 Å². The minimum Gasteiger partial charge on any atom is -0.284 e. The van der Waals surface area contributed by atoms with Crippen molar-refractivity contribution in [3.8, 4) is 0 Å². The van der Waals surface area contributed by atoms with Crippen molar-refractivity contribution in [3.63, 3.8) is 0 Å². The molecule has 0 fully saturated rings. The van der Waals surface area contributed by atoms with Crippen molar-refractivity contribution in [1.29, 1.82) is 0 Å². The lowest BCUT2D eigenvalue weighted by molar-refractivity contribution is 0.0498. The first kappa shape index (κ1) is 15.7. The molecule has 0 aliphatic carbocycles. The average Bonchev–Trinajstić information content (AvgIpc) is 2.37. The average molecular weight is 262 g/mol. The largest absolute Gasteiger partial charge is 0.284 e. The molecule has 0 radical (unpaired) electrons. The van der Waals surface area contributed by atoms with Crippen LogP contribution in [0.3, 0.4) is 0 Å². The zero-order valence-electron chi connectivity index (χ0n) is 12.6. The molecule has 1 N–H and O–H groups in total. The molecule has 0 aliphatic rings. The number of rotatable bonds is 6. The van der Waals surface area contributed by atoms with Gasteiger partial charge in [-0.1, -0.05) is 38.0 Å². The van der Waals surface area contributed by atoms with Crippen molar-refractivity contribution < 1.29 is 4.79 Å². The molecule has 106 valence electrons. The summed E-state index contributed by atoms with van der Waals surface area (Å²) in [5.41, 5.74) is 3.66. The Morgan fingerprint density at radius 3 is 2.32 bits per heavy atom. The quantitative estimate of drug-likeness (QED) is 0.627. The van der Waals surface area contributed by atoms with E-state index in [2.05, 4.69) is 33.1 Å². The summed E-state index contributed by atoms with van der Waals surface area (Å²) in [6, 6.07) is 9.35. The molecule has 0 saturated carbocycles. The SMILES string of the molecule is CCCCCN(NC(=O)c1ccccc1)C(C)(C)C. The summed E-state index contributed by atoms with van der Waals surface area (Å²) in [6.45, 7) is 9.42. The Bertz CT molecular complexity index is 381. The van der Waals surface area contributed by atoms with E-state index in [0.717, 1.165) is 13.0 Å². The third-order valence-corrected chi connectivity index (χ3v) is 3.07. The van der Waals surface area contributed by atoms with Crippen LogP contribution in [0.25, 0.3) is 0 Å². The molecule has 1 rings (SSSR count). The summed E-state index contributed by atoms with van der Waals surface area (Å²) < 4.78 is 0. The van der Waals surface area contributed by atoms with Gasteiger partial charge in [-0.3, -0.25) is 10.2 Å². The van der Waals surface area contributed by atoms with Crippen LogP contribution in [-0.2, 0) is 0 Å². The molecule has 19 heavy (non-hydrogen) atoms. The first-order valence-corrected chi connectivity index (χ1v) is 7.09. The fraction of sp³-hybridized carbons (Fsp3) is 0.562. The summed E-state index contributed by atoms with van der Waals surface area (Å²) in [7, 11) is 0. The minimum atomic E-state index is -0.0712. The smallest absolute Gasteiger partial charge is 0.265 e. The van der Waals surface area contributed by atoms with Gasteiger partial charge in [0.1, 0.15) is 0 Å². The van der Waals surface area contributed by atoms with Crippen LogP contribution in [0.2, 0.25) is 0 Å². The van der Waals surface area contributed by atoms with Crippen LogP contribution in [0.1, 0.15) is 57.3 Å². The fourth-order valence-electron chi connectivity index (χ4n) is 1.86. The molecule has 1 aromatic carbocycles. The van der Waals surface area contributed by atoms with Crippen molar-refractivity contribution in [2.24, 2.45) is 0 Å². The second-order valence-corrected chi connectivity index (χ2v) is 5.84. The van der Waals surface area contributed by atoms with Crippen LogP contribution in [0.5, 0.6) is 0 Å². The van der Waals surface area contributed by atoms with Gasteiger partial charge < -0.3 is 0 Å². The number of hydrogen-bond acceptors (Lipinski definition) is 2. The van der Waals surface area contributed by atoms with E-state index in [-0.39, 0.29) is 11.4 Å². The summed E-state index contributed by atoms with van der Waals surface area (Å²) in [6.07, 6.45) is 3.47. The van der Waals surface area contributed by atoms with Gasteiger partial charge in [-0.2, -0.15) is 0 Å². The van der Waals surface area contributed by atoms with Crippen LogP contribution in [0.4, 0.5) is 0 Å². The molecular weight excluding hydrogens is 236 g/mol. The van der Waals surface area contributed by atoms with E-state index in [9.17, 15) is 4.79 Å². The molecule has 3 nitrogen and oxygen atoms in total. The lowest BCUT2D eigenvalue weighted by Crippen LogP contribution is -2.53. The van der Waals surface area contributed by atoms with Crippen molar-refractivity contribution in [2.75, 3.05) is 6.54 Å². The topological polar surface area (TPSA) is 32.3 Å². The highest BCUT2D eigenvalue weighted by atomic mass is 16.2. The molecule has 1 amide bonds. The van der Waals surface area contributed by atoms with Gasteiger partial charge in [0.05, 0.1) is 0 Å². The van der Waals surface area contributed by atoms with E-state index in [4.69, 9.17) is 0 Å². The summed E-state index contributed by atoms with van der Waals surface area (Å²) in [5.74, 6) is -0.0352. The molecule has 0 aliphatic heterocycles. The van der Waals surface area contributed by atoms with Gasteiger partial charge in [-0.25, -0.2) is 5.01 Å². The first-order valence-electron chi connectivity index (χ1n) is 7.09. The number of hydrogen-bond donors (Lipinski definition) is 1. The zero-order valence-corrected chi connectivity index (χ0v) is 12.6. The normalized spacial score (nSPS) is 11.6. The maximum Gasteiger partial charge on any atom is 0.265 e. The van der Waals surface area contributed by atoms with Gasteiger partial charge >= 0.3 is 0 Å². The van der Waals surface area contributed by atoms with Gasteiger partial charge in [0.2, 0.25) is 0 Å². The molecule has 0 bridgehead atoms. The fourth-order valence-corrected chi connectivity index (χ4v) is 1.86. The van der Waals surface area contributed by atoms with E-state index in [0.29, 0.717) is 5.56 Å². The van der Waals surface area contributed by atoms with E-state index in [1.54, 1.807) is 0 Å². The Morgan fingerprint density at radius 2 is 1.79 bits per heavy atom. The van der Waals surface area contributed by atoms with E-state index in [1.807, 2.05) is 35.3 Å². The molecule has 0 atom stereocenters. The second-order valence-electron chi connectivity index (χ2n) is 5.84. The highest BCUT2D eigenvalue weighted by Crippen LogP contribution is 2.12. The number of nitrogens with zero attached hydrogens (tertiary/aromatic N) is 1. The van der Waals surface area contributed by atoms with Crippen molar-refractivity contribution in [1.82, 2.24) is 10.4 Å². The summed E-state index contributed by atoms with van der Waals surface area (Å²) in [5, 5.41) is 2.04. The number of carbonyl (C=O) groups is 1. The Kier molecular flexibility index (Phi) is 6.03. The zero-order chi connectivity index (χ0) is 14.3. The van der Waals surface area contributed by atoms with Crippen LogP contribution >= 0.6 is 0 Å². The monoisotopic (exact) mass is 262 g/mol. The highest BCUT2D eigenvalue weighted by molar-refractivity contribution is 5.93. The maximum absolute atomic E-state index is 12.2. The van der Waals surface area contributed by atoms with E-state index in [1.165, 1.54) is 12.8 Å². The van der Waals surface area contributed by atoms with Crippen molar-refractivity contribution in [2.45, 2.75) is 52.5 Å².